The maximum Gasteiger partial charge on any atom is 0.264 e. The minimum Gasteiger partial charge on any atom is -0.493 e. The number of ether oxygens (including phenoxy) is 2. The molecule has 0 saturated carbocycles. The Morgan fingerprint density at radius 2 is 1.60 bits per heavy atom. The molecule has 0 saturated heterocycles. The second-order valence-corrected chi connectivity index (χ2v) is 12.0. The smallest absolute Gasteiger partial charge is 0.264 e. The average molecular weight is 596 g/mol. The van der Waals surface area contributed by atoms with Crippen LogP contribution in [0.5, 0.6) is 11.5 Å². The molecule has 1 N–H and O–H groups in total. The van der Waals surface area contributed by atoms with Gasteiger partial charge in [-0.2, -0.15) is 0 Å². The van der Waals surface area contributed by atoms with E-state index in [-0.39, 0.29) is 23.1 Å². The zero-order valence-electron chi connectivity index (χ0n) is 25.2. The molecule has 2 amide bonds. The number of anilines is 1. The lowest BCUT2D eigenvalue weighted by molar-refractivity contribution is -0.139. The van der Waals surface area contributed by atoms with E-state index in [1.54, 1.807) is 31.2 Å². The van der Waals surface area contributed by atoms with E-state index in [1.165, 1.54) is 37.3 Å². The van der Waals surface area contributed by atoms with Crippen LogP contribution >= 0.6 is 0 Å². The quantitative estimate of drug-likeness (QED) is 0.267. The highest BCUT2D eigenvalue weighted by Gasteiger charge is 2.33. The fraction of sp³-hybridized carbons (Fsp3) is 0.375. The molecular formula is C32H41N3O6S. The maximum absolute atomic E-state index is 14.1. The summed E-state index contributed by atoms with van der Waals surface area (Å²) in [5.74, 6) is -0.190. The third kappa shape index (κ3) is 7.82. The highest BCUT2D eigenvalue weighted by atomic mass is 32.2. The average Bonchev–Trinajstić information content (AvgIpc) is 2.99. The number of carbonyl (C=O) groups is 2. The molecule has 3 aromatic carbocycles. The first-order valence-electron chi connectivity index (χ1n) is 14.0. The van der Waals surface area contributed by atoms with Gasteiger partial charge in [0.25, 0.3) is 10.0 Å². The number of hydrogen-bond acceptors (Lipinski definition) is 6. The van der Waals surface area contributed by atoms with Crippen molar-refractivity contribution in [2.45, 2.75) is 58.0 Å². The molecule has 0 heterocycles. The number of nitrogens with one attached hydrogen (secondary N) is 1. The third-order valence-corrected chi connectivity index (χ3v) is 8.91. The van der Waals surface area contributed by atoms with Crippen LogP contribution in [-0.4, -0.2) is 58.5 Å². The van der Waals surface area contributed by atoms with Crippen LogP contribution < -0.4 is 19.1 Å². The highest BCUT2D eigenvalue weighted by molar-refractivity contribution is 7.92. The Bertz CT molecular complexity index is 1470. The van der Waals surface area contributed by atoms with Crippen molar-refractivity contribution in [2.24, 2.45) is 0 Å². The Hall–Kier alpha value is -4.05. The topological polar surface area (TPSA) is 105 Å². The molecule has 0 radical (unpaired) electrons. The Labute approximate surface area is 249 Å². The number of benzene rings is 3. The standard InChI is InChI=1S/C32H41N3O6S/c1-7-8-19-33-32(37)25(4)34(21-26-12-10-9-11-24(26)3)31(36)22-35(27-15-13-23(2)14-16-27)42(38,39)28-17-18-29(40-5)30(20-28)41-6/h9-18,20,25H,7-8,19,21-22H2,1-6H3,(H,33,37)/t25-/m0/s1. The van der Waals surface area contributed by atoms with Gasteiger partial charge < -0.3 is 19.7 Å². The number of rotatable bonds is 14. The second-order valence-electron chi connectivity index (χ2n) is 10.1. The SMILES string of the molecule is CCCCNC(=O)[C@H](C)N(Cc1ccccc1C)C(=O)CN(c1ccc(C)cc1)S(=O)(=O)c1ccc(OC)c(OC)c1. The van der Waals surface area contributed by atoms with Gasteiger partial charge in [-0.15, -0.1) is 0 Å². The molecule has 0 aliphatic rings. The van der Waals surface area contributed by atoms with Crippen molar-refractivity contribution in [3.63, 3.8) is 0 Å². The summed E-state index contributed by atoms with van der Waals surface area (Å²) in [6, 6.07) is 18.0. The fourth-order valence-corrected chi connectivity index (χ4v) is 5.86. The maximum atomic E-state index is 14.1. The number of amides is 2. The molecule has 42 heavy (non-hydrogen) atoms. The minimum absolute atomic E-state index is 0.0654. The van der Waals surface area contributed by atoms with Crippen LogP contribution in [0.4, 0.5) is 5.69 Å². The minimum atomic E-state index is -4.25. The van der Waals surface area contributed by atoms with Gasteiger partial charge >= 0.3 is 0 Å². The predicted octanol–water partition coefficient (Wildman–Crippen LogP) is 4.85. The van der Waals surface area contributed by atoms with E-state index >= 15 is 0 Å². The van der Waals surface area contributed by atoms with E-state index < -0.39 is 28.5 Å². The van der Waals surface area contributed by atoms with Gasteiger partial charge in [0.05, 0.1) is 24.8 Å². The van der Waals surface area contributed by atoms with E-state index in [1.807, 2.05) is 45.0 Å². The number of carbonyl (C=O) groups excluding carboxylic acids is 2. The van der Waals surface area contributed by atoms with Crippen molar-refractivity contribution < 1.29 is 27.5 Å². The van der Waals surface area contributed by atoms with Crippen LogP contribution in [0.25, 0.3) is 0 Å². The summed E-state index contributed by atoms with van der Waals surface area (Å²) >= 11 is 0. The summed E-state index contributed by atoms with van der Waals surface area (Å²) in [5.41, 5.74) is 3.08. The van der Waals surface area contributed by atoms with Gasteiger partial charge in [-0.05, 0) is 62.6 Å². The van der Waals surface area contributed by atoms with Crippen molar-refractivity contribution in [3.8, 4) is 11.5 Å². The van der Waals surface area contributed by atoms with Gasteiger partial charge in [0.1, 0.15) is 12.6 Å². The number of aryl methyl sites for hydroxylation is 2. The van der Waals surface area contributed by atoms with Gasteiger partial charge in [0.2, 0.25) is 11.8 Å². The lowest BCUT2D eigenvalue weighted by atomic mass is 10.1. The highest BCUT2D eigenvalue weighted by Crippen LogP contribution is 2.32. The first-order chi connectivity index (χ1) is 20.0. The fourth-order valence-electron chi connectivity index (χ4n) is 4.43. The van der Waals surface area contributed by atoms with Gasteiger partial charge in [-0.25, -0.2) is 8.42 Å². The van der Waals surface area contributed by atoms with Gasteiger partial charge in [0.15, 0.2) is 11.5 Å². The van der Waals surface area contributed by atoms with Crippen molar-refractivity contribution in [3.05, 3.63) is 83.4 Å². The molecule has 0 unspecified atom stereocenters. The predicted molar refractivity (Wildman–Crippen MR) is 164 cm³/mol. The Morgan fingerprint density at radius 3 is 2.21 bits per heavy atom. The van der Waals surface area contributed by atoms with Gasteiger partial charge in [0, 0.05) is 19.2 Å². The van der Waals surface area contributed by atoms with Crippen LogP contribution in [0.15, 0.2) is 71.6 Å². The molecule has 10 heteroatoms. The van der Waals surface area contributed by atoms with Crippen molar-refractivity contribution in [2.75, 3.05) is 31.6 Å². The van der Waals surface area contributed by atoms with E-state index in [0.29, 0.717) is 18.0 Å². The molecule has 3 aromatic rings. The zero-order chi connectivity index (χ0) is 30.9. The molecular weight excluding hydrogens is 554 g/mol. The molecule has 0 aliphatic carbocycles. The molecule has 0 spiro atoms. The van der Waals surface area contributed by atoms with Gasteiger partial charge in [-0.3, -0.25) is 13.9 Å². The Kier molecular flexibility index (Phi) is 11.4. The summed E-state index contributed by atoms with van der Waals surface area (Å²) in [7, 11) is -1.36. The van der Waals surface area contributed by atoms with Crippen molar-refractivity contribution in [1.29, 1.82) is 0 Å². The number of nitrogens with zero attached hydrogens (tertiary/aromatic N) is 2. The van der Waals surface area contributed by atoms with E-state index in [2.05, 4.69) is 5.32 Å². The molecule has 1 atom stereocenters. The number of methoxy groups -OCH3 is 2. The normalized spacial score (nSPS) is 11.9. The molecule has 0 fully saturated rings. The first kappa shape index (κ1) is 32.5. The van der Waals surface area contributed by atoms with Crippen molar-refractivity contribution >= 4 is 27.5 Å². The van der Waals surface area contributed by atoms with E-state index in [9.17, 15) is 18.0 Å². The molecule has 9 nitrogen and oxygen atoms in total. The zero-order valence-corrected chi connectivity index (χ0v) is 26.0. The van der Waals surface area contributed by atoms with E-state index in [4.69, 9.17) is 9.47 Å². The Balaban J connectivity index is 2.05. The largest absolute Gasteiger partial charge is 0.493 e. The monoisotopic (exact) mass is 595 g/mol. The van der Waals surface area contributed by atoms with E-state index in [0.717, 1.165) is 33.8 Å². The molecule has 3 rings (SSSR count). The third-order valence-electron chi connectivity index (χ3n) is 7.14. The molecule has 226 valence electrons. The van der Waals surface area contributed by atoms with Gasteiger partial charge in [-0.1, -0.05) is 55.3 Å². The summed E-state index contributed by atoms with van der Waals surface area (Å²) < 4.78 is 39.9. The Morgan fingerprint density at radius 1 is 0.929 bits per heavy atom. The number of sulfonamides is 1. The summed E-state index contributed by atoms with van der Waals surface area (Å²) in [5, 5.41) is 2.90. The van der Waals surface area contributed by atoms with Crippen LogP contribution in [0.3, 0.4) is 0 Å². The van der Waals surface area contributed by atoms with Crippen LogP contribution in [0.1, 0.15) is 43.4 Å². The van der Waals surface area contributed by atoms with Crippen LogP contribution in [0, 0.1) is 13.8 Å². The molecule has 0 bridgehead atoms. The lowest BCUT2D eigenvalue weighted by Crippen LogP contribution is -2.51. The summed E-state index contributed by atoms with van der Waals surface area (Å²) in [4.78, 5) is 28.6. The molecule has 0 aliphatic heterocycles. The first-order valence-corrected chi connectivity index (χ1v) is 15.4. The van der Waals surface area contributed by atoms with Crippen molar-refractivity contribution in [1.82, 2.24) is 10.2 Å². The summed E-state index contributed by atoms with van der Waals surface area (Å²) in [6.07, 6.45) is 1.73. The molecule has 0 aromatic heterocycles. The summed E-state index contributed by atoms with van der Waals surface area (Å²) in [6.45, 7) is 7.65. The van der Waals surface area contributed by atoms with Crippen LogP contribution in [0.2, 0.25) is 0 Å². The lowest BCUT2D eigenvalue weighted by Gasteiger charge is -2.32. The second kappa shape index (κ2) is 14.7. The number of hydrogen-bond donors (Lipinski definition) is 1. The number of unbranched alkanes of at least 4 members (excludes halogenated alkanes) is 1. The van der Waals surface area contributed by atoms with Crippen LogP contribution in [-0.2, 0) is 26.2 Å².